The van der Waals surface area contributed by atoms with Gasteiger partial charge in [-0.2, -0.15) is 0 Å². The van der Waals surface area contributed by atoms with E-state index in [0.29, 0.717) is 17.4 Å². The lowest BCUT2D eigenvalue weighted by Gasteiger charge is -2.25. The summed E-state index contributed by atoms with van der Waals surface area (Å²) in [5, 5.41) is 13.8. The molecule has 9 heteroatoms. The second-order valence-corrected chi connectivity index (χ2v) is 19.9. The van der Waals surface area contributed by atoms with Gasteiger partial charge in [0.1, 0.15) is 13.2 Å². The molecule has 0 aromatic heterocycles. The van der Waals surface area contributed by atoms with E-state index in [4.69, 9.17) is 9.05 Å². The largest absolute Gasteiger partial charge is 0.472 e. The Morgan fingerprint density at radius 1 is 0.515 bits per heavy atom. The van der Waals surface area contributed by atoms with Gasteiger partial charge in [-0.3, -0.25) is 13.8 Å². The average Bonchev–Trinajstić information content (AvgIpc) is 3.30. The molecular formula is C59H100N2O6P+. The number of aliphatic hydroxyl groups excluding tert-OH is 1. The molecule has 0 spiro atoms. The molecule has 3 atom stereocenters. The Balaban J connectivity index is 4.15. The minimum Gasteiger partial charge on any atom is -0.387 e. The fourth-order valence-corrected chi connectivity index (χ4v) is 7.42. The van der Waals surface area contributed by atoms with Crippen LogP contribution in [0.5, 0.6) is 0 Å². The summed E-state index contributed by atoms with van der Waals surface area (Å²) in [6, 6.07) is -0.880. The first-order valence-electron chi connectivity index (χ1n) is 26.6. The van der Waals surface area contributed by atoms with Crippen molar-refractivity contribution in [2.45, 2.75) is 193 Å². The quantitative estimate of drug-likeness (QED) is 0.0243. The van der Waals surface area contributed by atoms with E-state index < -0.39 is 20.0 Å². The highest BCUT2D eigenvalue weighted by atomic mass is 31.2. The van der Waals surface area contributed by atoms with Gasteiger partial charge < -0.3 is 19.8 Å². The van der Waals surface area contributed by atoms with Crippen molar-refractivity contribution in [2.24, 2.45) is 0 Å². The van der Waals surface area contributed by atoms with Gasteiger partial charge in [0.2, 0.25) is 5.91 Å². The number of amides is 1. The van der Waals surface area contributed by atoms with Gasteiger partial charge in [-0.1, -0.05) is 205 Å². The Bertz CT molecular complexity index is 1560. The number of hydrogen-bond donors (Lipinski definition) is 3. The van der Waals surface area contributed by atoms with Crippen LogP contribution in [0.1, 0.15) is 181 Å². The zero-order valence-electron chi connectivity index (χ0n) is 43.8. The number of nitrogens with zero attached hydrogens (tertiary/aromatic N) is 1. The van der Waals surface area contributed by atoms with E-state index in [2.05, 4.69) is 141 Å². The molecular weight excluding hydrogens is 864 g/mol. The normalized spacial score (nSPS) is 15.1. The van der Waals surface area contributed by atoms with E-state index in [1.165, 1.54) is 51.4 Å². The standard InChI is InChI=1S/C59H99N2O6P/c1-6-8-10-12-14-16-18-19-20-21-22-23-24-25-26-27-28-29-30-31-32-33-34-35-36-37-38-39-40-41-43-45-47-49-51-53-59(63)60-57(56-67-68(64,65)66-55-54-61(3,4)5)58(62)52-50-48-46-44-42-17-15-13-11-9-7-2/h8,10-11,13-14,16,19-20,22-23,25-26,28-29,31-32,34-35,42,44,50,52,57-58,62H,6-7,9,12,15,17-18,21,24,27,30,33,36-41,43,45-49,51,53-56H2,1-5H3,(H-,60,63,64,65)/p+1/b10-8-,13-11+,16-14-,20-19-,23-22-,26-25-,29-28-,32-31-,35-34-,44-42+,52-50+. The van der Waals surface area contributed by atoms with Crippen LogP contribution in [0.25, 0.3) is 0 Å². The summed E-state index contributed by atoms with van der Waals surface area (Å²) in [7, 11) is 1.52. The first-order valence-corrected chi connectivity index (χ1v) is 28.1. The number of rotatable bonds is 46. The number of aliphatic hydroxyl groups is 1. The summed E-state index contributed by atoms with van der Waals surface area (Å²) in [5.74, 6) is -0.205. The number of phosphoric acid groups is 1. The minimum atomic E-state index is -4.36. The Morgan fingerprint density at radius 2 is 0.897 bits per heavy atom. The van der Waals surface area contributed by atoms with Crippen LogP contribution in [0.15, 0.2) is 134 Å². The first kappa shape index (κ1) is 64.6. The molecule has 0 fully saturated rings. The highest BCUT2D eigenvalue weighted by Crippen LogP contribution is 2.43. The van der Waals surface area contributed by atoms with Gasteiger partial charge in [0.25, 0.3) is 0 Å². The number of likely N-dealkylation sites (N-methyl/N-ethyl adjacent to an activating group) is 1. The topological polar surface area (TPSA) is 105 Å². The molecule has 0 aliphatic rings. The molecule has 3 unspecified atom stereocenters. The minimum absolute atomic E-state index is 0.0455. The van der Waals surface area contributed by atoms with Crippen molar-refractivity contribution >= 4 is 13.7 Å². The number of phosphoric ester groups is 1. The molecule has 8 nitrogen and oxygen atoms in total. The van der Waals surface area contributed by atoms with Gasteiger partial charge in [0, 0.05) is 6.42 Å². The lowest BCUT2D eigenvalue weighted by atomic mass is 10.0. The van der Waals surface area contributed by atoms with Crippen LogP contribution in [0.3, 0.4) is 0 Å². The summed E-state index contributed by atoms with van der Waals surface area (Å²) < 4.78 is 23.5. The van der Waals surface area contributed by atoms with Crippen molar-refractivity contribution in [2.75, 3.05) is 40.9 Å². The van der Waals surface area contributed by atoms with Crippen molar-refractivity contribution in [3.05, 3.63) is 134 Å². The number of quaternary nitrogens is 1. The van der Waals surface area contributed by atoms with Gasteiger partial charge in [-0.25, -0.2) is 4.57 Å². The Labute approximate surface area is 417 Å². The first-order chi connectivity index (χ1) is 33.0. The molecule has 0 saturated heterocycles. The second-order valence-electron chi connectivity index (χ2n) is 18.5. The molecule has 0 radical (unpaired) electrons. The van der Waals surface area contributed by atoms with Crippen LogP contribution in [-0.2, 0) is 18.4 Å². The number of carbonyl (C=O) groups is 1. The lowest BCUT2D eigenvalue weighted by Crippen LogP contribution is -2.45. The van der Waals surface area contributed by atoms with Gasteiger partial charge in [0.05, 0.1) is 39.9 Å². The van der Waals surface area contributed by atoms with Crippen molar-refractivity contribution in [3.63, 3.8) is 0 Å². The molecule has 68 heavy (non-hydrogen) atoms. The molecule has 0 saturated carbocycles. The number of hydrogen-bond acceptors (Lipinski definition) is 5. The van der Waals surface area contributed by atoms with Gasteiger partial charge in [-0.05, 0) is 103 Å². The van der Waals surface area contributed by atoms with E-state index in [1.807, 2.05) is 27.2 Å². The van der Waals surface area contributed by atoms with E-state index in [1.54, 1.807) is 6.08 Å². The van der Waals surface area contributed by atoms with Crippen LogP contribution < -0.4 is 5.32 Å². The van der Waals surface area contributed by atoms with Crippen LogP contribution in [0.4, 0.5) is 0 Å². The molecule has 386 valence electrons. The third kappa shape index (κ3) is 50.5. The number of unbranched alkanes of at least 4 members (excludes halogenated alkanes) is 13. The summed E-state index contributed by atoms with van der Waals surface area (Å²) >= 11 is 0. The van der Waals surface area contributed by atoms with Crippen LogP contribution in [-0.4, -0.2) is 73.4 Å². The van der Waals surface area contributed by atoms with Crippen molar-refractivity contribution < 1.29 is 32.9 Å². The van der Waals surface area contributed by atoms with E-state index in [9.17, 15) is 19.4 Å². The zero-order valence-corrected chi connectivity index (χ0v) is 44.7. The van der Waals surface area contributed by atoms with Gasteiger partial charge in [-0.15, -0.1) is 0 Å². The van der Waals surface area contributed by atoms with Crippen molar-refractivity contribution in [1.29, 1.82) is 0 Å². The van der Waals surface area contributed by atoms with E-state index in [0.717, 1.165) is 109 Å². The SMILES string of the molecule is CC/C=C\C/C=C\C/C=C\C/C=C\C/C=C\C/C=C\C/C=C\C/C=C\CCCCCCCCCCCCC(=O)NC(COP(=O)(O)OCC[N+](C)(C)C)C(O)/C=C/CC/C=C/CC/C=C/CCC. The van der Waals surface area contributed by atoms with Crippen molar-refractivity contribution in [1.82, 2.24) is 5.32 Å². The summed E-state index contributed by atoms with van der Waals surface area (Å²) in [5.41, 5.74) is 0. The second kappa shape index (κ2) is 48.7. The van der Waals surface area contributed by atoms with E-state index >= 15 is 0 Å². The predicted octanol–water partition coefficient (Wildman–Crippen LogP) is 16.0. The molecule has 0 bridgehead atoms. The van der Waals surface area contributed by atoms with Crippen molar-refractivity contribution in [3.8, 4) is 0 Å². The fourth-order valence-electron chi connectivity index (χ4n) is 6.68. The third-order valence-corrected chi connectivity index (χ3v) is 11.8. The number of nitrogens with one attached hydrogen (secondary N) is 1. The van der Waals surface area contributed by atoms with Gasteiger partial charge >= 0.3 is 7.82 Å². The zero-order chi connectivity index (χ0) is 49.9. The van der Waals surface area contributed by atoms with E-state index in [-0.39, 0.29) is 19.1 Å². The third-order valence-electron chi connectivity index (χ3n) is 10.8. The van der Waals surface area contributed by atoms with Gasteiger partial charge in [0.15, 0.2) is 0 Å². The Morgan fingerprint density at radius 3 is 1.34 bits per heavy atom. The number of carbonyl (C=O) groups excluding carboxylic acids is 1. The fraction of sp³-hybridized carbons (Fsp3) is 0.610. The monoisotopic (exact) mass is 964 g/mol. The molecule has 0 aliphatic heterocycles. The predicted molar refractivity (Wildman–Crippen MR) is 294 cm³/mol. The molecule has 0 aromatic carbocycles. The van der Waals surface area contributed by atoms with Crippen LogP contribution >= 0.6 is 7.82 Å². The molecule has 0 heterocycles. The maximum absolute atomic E-state index is 12.9. The average molecular weight is 964 g/mol. The number of allylic oxidation sites excluding steroid dienone is 21. The highest BCUT2D eigenvalue weighted by molar-refractivity contribution is 7.47. The summed E-state index contributed by atoms with van der Waals surface area (Å²) in [6.07, 6.45) is 74.1. The smallest absolute Gasteiger partial charge is 0.387 e. The van der Waals surface area contributed by atoms with Crippen LogP contribution in [0, 0.1) is 0 Å². The molecule has 0 aromatic rings. The highest BCUT2D eigenvalue weighted by Gasteiger charge is 2.27. The molecule has 3 N–H and O–H groups in total. The molecule has 0 aliphatic carbocycles. The summed E-state index contributed by atoms with van der Waals surface area (Å²) in [4.78, 5) is 23.2. The summed E-state index contributed by atoms with van der Waals surface area (Å²) in [6.45, 7) is 4.56. The Kier molecular flexibility index (Phi) is 46.3. The maximum atomic E-state index is 12.9. The van der Waals surface area contributed by atoms with Crippen LogP contribution in [0.2, 0.25) is 0 Å². The lowest BCUT2D eigenvalue weighted by molar-refractivity contribution is -0.870. The Hall–Kier alpha value is -3.36. The molecule has 0 rings (SSSR count). The maximum Gasteiger partial charge on any atom is 0.472 e. The molecule has 1 amide bonds.